The van der Waals surface area contributed by atoms with Gasteiger partial charge in [0.15, 0.2) is 0 Å². The molecule has 0 aliphatic carbocycles. The van der Waals surface area contributed by atoms with E-state index in [-0.39, 0.29) is 11.9 Å². The minimum Gasteiger partial charge on any atom is -0.355 e. The first kappa shape index (κ1) is 10.6. The second-order valence-electron chi connectivity index (χ2n) is 4.48. The van der Waals surface area contributed by atoms with Crippen LogP contribution in [0.2, 0.25) is 0 Å². The van der Waals surface area contributed by atoms with Crippen LogP contribution in [-0.2, 0) is 4.79 Å². The van der Waals surface area contributed by atoms with Crippen LogP contribution in [0, 0.1) is 0 Å². The monoisotopic (exact) mass is 231 g/mol. The number of fused-ring (bicyclic) bond motifs is 3. The third-order valence-corrected chi connectivity index (χ3v) is 3.59. The van der Waals surface area contributed by atoms with E-state index in [1.807, 2.05) is 30.0 Å². The van der Waals surface area contributed by atoms with E-state index in [1.54, 1.807) is 0 Å². The number of nitrogens with zero attached hydrogens (tertiary/aromatic N) is 2. The normalized spacial score (nSPS) is 23.4. The zero-order valence-electron chi connectivity index (χ0n) is 10.0. The summed E-state index contributed by atoms with van der Waals surface area (Å²) < 4.78 is 0. The number of nitrogens with one attached hydrogen (secondary N) is 1. The zero-order valence-corrected chi connectivity index (χ0v) is 10.0. The number of rotatable bonds is 1. The number of hydrogen-bond donors (Lipinski definition) is 1. The molecule has 1 unspecified atom stereocenters. The number of likely N-dealkylation sites (N-methyl/N-ethyl adjacent to an activating group) is 1. The van der Waals surface area contributed by atoms with Gasteiger partial charge in [-0.1, -0.05) is 12.1 Å². The van der Waals surface area contributed by atoms with Crippen molar-refractivity contribution >= 4 is 17.3 Å². The van der Waals surface area contributed by atoms with Crippen LogP contribution in [0.1, 0.15) is 6.92 Å². The molecule has 1 atom stereocenters. The lowest BCUT2D eigenvalue weighted by atomic mass is 10.0. The topological polar surface area (TPSA) is 35.6 Å². The molecule has 1 fully saturated rings. The molecule has 2 aliphatic rings. The molecular formula is C13H17N3O. The first-order valence-electron chi connectivity index (χ1n) is 6.20. The lowest BCUT2D eigenvalue weighted by Crippen LogP contribution is -2.61. The maximum absolute atomic E-state index is 12.4. The third-order valence-electron chi connectivity index (χ3n) is 3.59. The van der Waals surface area contributed by atoms with E-state index in [9.17, 15) is 4.79 Å². The fourth-order valence-electron chi connectivity index (χ4n) is 2.77. The summed E-state index contributed by atoms with van der Waals surface area (Å²) in [7, 11) is 0. The Morgan fingerprint density at radius 3 is 2.88 bits per heavy atom. The van der Waals surface area contributed by atoms with Crippen LogP contribution in [0.4, 0.5) is 11.4 Å². The summed E-state index contributed by atoms with van der Waals surface area (Å²) in [6.45, 7) is 5.37. The van der Waals surface area contributed by atoms with Gasteiger partial charge in [0.25, 0.3) is 5.91 Å². The fourth-order valence-corrected chi connectivity index (χ4v) is 2.77. The lowest BCUT2D eigenvalue weighted by Gasteiger charge is -2.45. The van der Waals surface area contributed by atoms with Crippen molar-refractivity contribution in [2.24, 2.45) is 0 Å². The number of benzene rings is 1. The first-order chi connectivity index (χ1) is 8.33. The maximum atomic E-state index is 12.4. The zero-order chi connectivity index (χ0) is 11.8. The van der Waals surface area contributed by atoms with Crippen molar-refractivity contribution in [1.82, 2.24) is 5.32 Å². The standard InChI is InChI=1S/C13H17N3O/c1-2-15-10-5-3-4-6-11(10)16-8-7-14-9-12(16)13(15)17/h3-6,12,14H,2,7-9H2,1H3. The number of piperazine rings is 1. The van der Waals surface area contributed by atoms with Crippen molar-refractivity contribution in [3.8, 4) is 0 Å². The van der Waals surface area contributed by atoms with Crippen molar-refractivity contribution in [3.05, 3.63) is 24.3 Å². The highest BCUT2D eigenvalue weighted by Gasteiger charge is 2.38. The van der Waals surface area contributed by atoms with Crippen LogP contribution in [0.15, 0.2) is 24.3 Å². The molecule has 4 nitrogen and oxygen atoms in total. The molecule has 17 heavy (non-hydrogen) atoms. The Balaban J connectivity index is 2.10. The molecular weight excluding hydrogens is 214 g/mol. The van der Waals surface area contributed by atoms with Gasteiger partial charge < -0.3 is 15.1 Å². The Morgan fingerprint density at radius 1 is 1.35 bits per heavy atom. The maximum Gasteiger partial charge on any atom is 0.251 e. The summed E-state index contributed by atoms with van der Waals surface area (Å²) in [6, 6.07) is 8.16. The molecule has 4 heteroatoms. The molecule has 1 N–H and O–H groups in total. The van der Waals surface area contributed by atoms with E-state index in [4.69, 9.17) is 0 Å². The quantitative estimate of drug-likeness (QED) is 0.777. The third kappa shape index (κ3) is 1.52. The predicted octanol–water partition coefficient (Wildman–Crippen LogP) is 0.831. The van der Waals surface area contributed by atoms with Crippen molar-refractivity contribution in [2.75, 3.05) is 36.0 Å². The molecule has 0 spiro atoms. The molecule has 2 heterocycles. The van der Waals surface area contributed by atoms with Gasteiger partial charge in [0.2, 0.25) is 0 Å². The van der Waals surface area contributed by atoms with Gasteiger partial charge in [-0.3, -0.25) is 4.79 Å². The SMILES string of the molecule is CCN1C(=O)C2CNCCN2c2ccccc21. The van der Waals surface area contributed by atoms with Crippen molar-refractivity contribution < 1.29 is 4.79 Å². The second-order valence-corrected chi connectivity index (χ2v) is 4.48. The predicted molar refractivity (Wildman–Crippen MR) is 68.5 cm³/mol. The van der Waals surface area contributed by atoms with E-state index in [0.717, 1.165) is 31.9 Å². The smallest absolute Gasteiger partial charge is 0.251 e. The molecule has 90 valence electrons. The highest BCUT2D eigenvalue weighted by Crippen LogP contribution is 2.35. The largest absolute Gasteiger partial charge is 0.355 e. The van der Waals surface area contributed by atoms with E-state index in [0.29, 0.717) is 0 Å². The van der Waals surface area contributed by atoms with Crippen LogP contribution in [0.5, 0.6) is 0 Å². The van der Waals surface area contributed by atoms with Crippen molar-refractivity contribution in [1.29, 1.82) is 0 Å². The van der Waals surface area contributed by atoms with Crippen LogP contribution in [-0.4, -0.2) is 38.1 Å². The van der Waals surface area contributed by atoms with Crippen LogP contribution in [0.3, 0.4) is 0 Å². The summed E-state index contributed by atoms with van der Waals surface area (Å²) in [6.07, 6.45) is 0. The van der Waals surface area contributed by atoms with Gasteiger partial charge in [-0.2, -0.15) is 0 Å². The molecule has 1 aromatic carbocycles. The Kier molecular flexibility index (Phi) is 2.52. The van der Waals surface area contributed by atoms with Gasteiger partial charge in [0.05, 0.1) is 11.4 Å². The van der Waals surface area contributed by atoms with Gasteiger partial charge in [-0.25, -0.2) is 0 Å². The molecule has 0 aromatic heterocycles. The molecule has 1 saturated heterocycles. The number of carbonyl (C=O) groups excluding carboxylic acids is 1. The highest BCUT2D eigenvalue weighted by molar-refractivity contribution is 6.05. The van der Waals surface area contributed by atoms with Gasteiger partial charge in [-0.05, 0) is 19.1 Å². The number of anilines is 2. The van der Waals surface area contributed by atoms with Gasteiger partial charge in [0, 0.05) is 26.2 Å². The van der Waals surface area contributed by atoms with E-state index < -0.39 is 0 Å². The number of amides is 1. The van der Waals surface area contributed by atoms with Gasteiger partial charge in [0.1, 0.15) is 6.04 Å². The summed E-state index contributed by atoms with van der Waals surface area (Å²) in [4.78, 5) is 16.5. The fraction of sp³-hybridized carbons (Fsp3) is 0.462. The van der Waals surface area contributed by atoms with Crippen LogP contribution < -0.4 is 15.1 Å². The molecule has 1 amide bonds. The highest BCUT2D eigenvalue weighted by atomic mass is 16.2. The number of para-hydroxylation sites is 2. The Hall–Kier alpha value is -1.55. The average Bonchev–Trinajstić information content (AvgIpc) is 2.40. The molecule has 1 aromatic rings. The number of carbonyl (C=O) groups is 1. The minimum absolute atomic E-state index is 0.0291. The first-order valence-corrected chi connectivity index (χ1v) is 6.20. The van der Waals surface area contributed by atoms with Crippen molar-refractivity contribution in [3.63, 3.8) is 0 Å². The van der Waals surface area contributed by atoms with E-state index >= 15 is 0 Å². The molecule has 3 rings (SSSR count). The van der Waals surface area contributed by atoms with Crippen molar-refractivity contribution in [2.45, 2.75) is 13.0 Å². The summed E-state index contributed by atoms with van der Waals surface area (Å²) in [5, 5.41) is 3.30. The van der Waals surface area contributed by atoms with Gasteiger partial charge >= 0.3 is 0 Å². The Labute approximate surface area is 101 Å². The molecule has 0 radical (unpaired) electrons. The Morgan fingerprint density at radius 2 is 2.12 bits per heavy atom. The molecule has 2 aliphatic heterocycles. The molecule has 0 saturated carbocycles. The minimum atomic E-state index is -0.0291. The van der Waals surface area contributed by atoms with E-state index in [2.05, 4.69) is 16.3 Å². The number of hydrogen-bond acceptors (Lipinski definition) is 3. The Bertz CT molecular complexity index is 446. The summed E-state index contributed by atoms with van der Waals surface area (Å²) in [5.41, 5.74) is 2.25. The molecule has 0 bridgehead atoms. The van der Waals surface area contributed by atoms with Gasteiger partial charge in [-0.15, -0.1) is 0 Å². The summed E-state index contributed by atoms with van der Waals surface area (Å²) in [5.74, 6) is 0.221. The van der Waals surface area contributed by atoms with Crippen LogP contribution in [0.25, 0.3) is 0 Å². The average molecular weight is 231 g/mol. The lowest BCUT2D eigenvalue weighted by molar-refractivity contribution is -0.120. The second kappa shape index (κ2) is 4.04. The summed E-state index contributed by atoms with van der Waals surface area (Å²) >= 11 is 0. The van der Waals surface area contributed by atoms with E-state index in [1.165, 1.54) is 5.69 Å². The van der Waals surface area contributed by atoms with Crippen LogP contribution >= 0.6 is 0 Å².